The van der Waals surface area contributed by atoms with Gasteiger partial charge in [0.05, 0.1) is 25.5 Å². The van der Waals surface area contributed by atoms with E-state index in [0.717, 1.165) is 5.71 Å². The quantitative estimate of drug-likeness (QED) is 0.194. The van der Waals surface area contributed by atoms with Gasteiger partial charge in [-0.2, -0.15) is 0 Å². The Balaban J connectivity index is 1.60. The van der Waals surface area contributed by atoms with E-state index < -0.39 is 18.5 Å². The Bertz CT molecular complexity index is 960. The number of benzene rings is 1. The summed E-state index contributed by atoms with van der Waals surface area (Å²) in [5, 5.41) is 11.0. The highest BCUT2D eigenvalue weighted by atomic mass is 19.1. The number of nitrogens with zero attached hydrogens (tertiary/aromatic N) is 4. The minimum atomic E-state index is -0.699. The minimum Gasteiger partial charge on any atom is -0.460 e. The van der Waals surface area contributed by atoms with Gasteiger partial charge in [-0.15, -0.1) is 0 Å². The SMILES string of the molecule is N=C(N)CC(=O)OCc1cccc(-c2cnc(N3CC(=NOCCCF)C3)nc2)c1F. The van der Waals surface area contributed by atoms with Crippen LogP contribution in [0.5, 0.6) is 0 Å². The minimum absolute atomic E-state index is 0.190. The molecule has 1 aromatic carbocycles. The maximum atomic E-state index is 14.9. The lowest BCUT2D eigenvalue weighted by molar-refractivity contribution is -0.143. The molecule has 0 saturated carbocycles. The number of carbonyl (C=O) groups excluding carboxylic acids is 1. The van der Waals surface area contributed by atoms with E-state index in [2.05, 4.69) is 15.1 Å². The van der Waals surface area contributed by atoms with Crippen LogP contribution in [0.1, 0.15) is 18.4 Å². The third kappa shape index (κ3) is 5.93. The average Bonchev–Trinajstić information content (AvgIpc) is 2.71. The monoisotopic (exact) mass is 432 g/mol. The fraction of sp³-hybridized carbons (Fsp3) is 0.350. The maximum Gasteiger partial charge on any atom is 0.313 e. The first-order valence-electron chi connectivity index (χ1n) is 9.55. The van der Waals surface area contributed by atoms with Crippen molar-refractivity contribution >= 4 is 23.5 Å². The van der Waals surface area contributed by atoms with Crippen molar-refractivity contribution in [2.45, 2.75) is 19.4 Å². The van der Waals surface area contributed by atoms with E-state index >= 15 is 0 Å². The first kappa shape index (κ1) is 22.1. The van der Waals surface area contributed by atoms with Crippen LogP contribution in [0.15, 0.2) is 35.7 Å². The lowest BCUT2D eigenvalue weighted by Crippen LogP contribution is -2.48. The third-order valence-electron chi connectivity index (χ3n) is 4.34. The zero-order valence-electron chi connectivity index (χ0n) is 16.7. The number of nitrogens with one attached hydrogen (secondary N) is 1. The van der Waals surface area contributed by atoms with E-state index in [4.69, 9.17) is 20.7 Å². The lowest BCUT2D eigenvalue weighted by Gasteiger charge is -2.31. The summed E-state index contributed by atoms with van der Waals surface area (Å²) in [5.41, 5.74) is 6.90. The molecule has 0 radical (unpaired) electrons. The van der Waals surface area contributed by atoms with Gasteiger partial charge < -0.3 is 20.2 Å². The molecule has 1 aliphatic heterocycles. The molecule has 2 heterocycles. The van der Waals surface area contributed by atoms with E-state index in [-0.39, 0.29) is 36.6 Å². The van der Waals surface area contributed by atoms with Crippen LogP contribution in [0.2, 0.25) is 0 Å². The van der Waals surface area contributed by atoms with Crippen LogP contribution in [0, 0.1) is 11.2 Å². The molecule has 1 aliphatic rings. The zero-order valence-corrected chi connectivity index (χ0v) is 16.7. The molecule has 9 nitrogen and oxygen atoms in total. The number of hydrogen-bond donors (Lipinski definition) is 2. The molecule has 1 saturated heterocycles. The van der Waals surface area contributed by atoms with Gasteiger partial charge in [0.15, 0.2) is 0 Å². The number of rotatable bonds is 10. The Labute approximate surface area is 177 Å². The zero-order chi connectivity index (χ0) is 22.2. The van der Waals surface area contributed by atoms with Gasteiger partial charge >= 0.3 is 5.97 Å². The van der Waals surface area contributed by atoms with Crippen molar-refractivity contribution < 1.29 is 23.1 Å². The molecular formula is C20H22F2N6O3. The van der Waals surface area contributed by atoms with Crippen molar-refractivity contribution in [1.82, 2.24) is 9.97 Å². The lowest BCUT2D eigenvalue weighted by atomic mass is 10.1. The van der Waals surface area contributed by atoms with Crippen molar-refractivity contribution in [3.63, 3.8) is 0 Å². The van der Waals surface area contributed by atoms with Crippen LogP contribution in [-0.4, -0.2) is 53.9 Å². The number of aromatic nitrogens is 2. The largest absolute Gasteiger partial charge is 0.460 e. The van der Waals surface area contributed by atoms with Crippen LogP contribution >= 0.6 is 0 Å². The first-order chi connectivity index (χ1) is 15.0. The van der Waals surface area contributed by atoms with E-state index in [9.17, 15) is 13.6 Å². The average molecular weight is 432 g/mol. The molecule has 0 bridgehead atoms. The molecule has 11 heteroatoms. The Morgan fingerprint density at radius 2 is 2.03 bits per heavy atom. The van der Waals surface area contributed by atoms with E-state index in [1.807, 2.05) is 4.90 Å². The van der Waals surface area contributed by atoms with Gasteiger partial charge in [0.25, 0.3) is 0 Å². The van der Waals surface area contributed by atoms with Crippen molar-refractivity contribution in [2.75, 3.05) is 31.3 Å². The summed E-state index contributed by atoms with van der Waals surface area (Å²) in [6.45, 7) is 0.542. The van der Waals surface area contributed by atoms with Gasteiger partial charge in [0.2, 0.25) is 5.95 Å². The number of amidine groups is 1. The number of nitrogens with two attached hydrogens (primary N) is 1. The van der Waals surface area contributed by atoms with E-state index in [1.54, 1.807) is 12.1 Å². The molecule has 3 N–H and O–H groups in total. The Hall–Kier alpha value is -3.63. The second-order valence-electron chi connectivity index (χ2n) is 6.80. The third-order valence-corrected chi connectivity index (χ3v) is 4.34. The Morgan fingerprint density at radius 1 is 1.29 bits per heavy atom. The predicted octanol–water partition coefficient (Wildman–Crippen LogP) is 2.20. The maximum absolute atomic E-state index is 14.9. The summed E-state index contributed by atoms with van der Waals surface area (Å²) in [6, 6.07) is 4.73. The summed E-state index contributed by atoms with van der Waals surface area (Å²) < 4.78 is 31.8. The molecule has 0 aliphatic carbocycles. The van der Waals surface area contributed by atoms with Crippen molar-refractivity contribution in [3.8, 4) is 11.1 Å². The topological polar surface area (TPSA) is 127 Å². The molecule has 1 fully saturated rings. The highest BCUT2D eigenvalue weighted by molar-refractivity contribution is 5.98. The van der Waals surface area contributed by atoms with Gasteiger partial charge in [-0.1, -0.05) is 23.4 Å². The van der Waals surface area contributed by atoms with Crippen LogP contribution in [0.25, 0.3) is 11.1 Å². The number of carbonyl (C=O) groups is 1. The molecule has 164 valence electrons. The normalized spacial score (nSPS) is 12.8. The number of ether oxygens (including phenoxy) is 1. The fourth-order valence-electron chi connectivity index (χ4n) is 2.75. The fourth-order valence-corrected chi connectivity index (χ4v) is 2.75. The van der Waals surface area contributed by atoms with Crippen LogP contribution < -0.4 is 10.6 Å². The molecule has 0 unspecified atom stereocenters. The summed E-state index contributed by atoms with van der Waals surface area (Å²) in [5.74, 6) is -1.09. The number of halogens is 2. The van der Waals surface area contributed by atoms with Gasteiger partial charge in [0.1, 0.15) is 31.3 Å². The summed E-state index contributed by atoms with van der Waals surface area (Å²) >= 11 is 0. The number of alkyl halides is 1. The Morgan fingerprint density at radius 3 is 2.71 bits per heavy atom. The van der Waals surface area contributed by atoms with Crippen LogP contribution in [0.3, 0.4) is 0 Å². The van der Waals surface area contributed by atoms with E-state index in [0.29, 0.717) is 31.0 Å². The first-order valence-corrected chi connectivity index (χ1v) is 9.55. The summed E-state index contributed by atoms with van der Waals surface area (Å²) in [6.07, 6.45) is 2.99. The van der Waals surface area contributed by atoms with Gasteiger partial charge in [-0.05, 0) is 0 Å². The van der Waals surface area contributed by atoms with Crippen LogP contribution in [-0.2, 0) is 21.0 Å². The molecule has 0 atom stereocenters. The standard InChI is InChI=1S/C20H22F2N6O3/c21-5-2-6-31-27-15-10-28(11-15)20-25-8-14(9-26-20)16-4-1-3-13(19(16)22)12-30-18(29)7-17(23)24/h1,3-4,8-9H,2,5-7,10-12H2,(H3,23,24). The highest BCUT2D eigenvalue weighted by Crippen LogP contribution is 2.26. The molecule has 31 heavy (non-hydrogen) atoms. The second-order valence-corrected chi connectivity index (χ2v) is 6.80. The smallest absolute Gasteiger partial charge is 0.313 e. The predicted molar refractivity (Wildman–Crippen MR) is 110 cm³/mol. The van der Waals surface area contributed by atoms with Crippen molar-refractivity contribution in [2.24, 2.45) is 10.9 Å². The van der Waals surface area contributed by atoms with Gasteiger partial charge in [-0.3, -0.25) is 14.6 Å². The molecule has 3 rings (SSSR count). The number of esters is 1. The van der Waals surface area contributed by atoms with Crippen LogP contribution in [0.4, 0.5) is 14.7 Å². The summed E-state index contributed by atoms with van der Waals surface area (Å²) in [4.78, 5) is 26.9. The second kappa shape index (κ2) is 10.4. The summed E-state index contributed by atoms with van der Waals surface area (Å²) in [7, 11) is 0. The molecule has 0 spiro atoms. The number of anilines is 1. The molecule has 0 amide bonds. The van der Waals surface area contributed by atoms with E-state index in [1.165, 1.54) is 18.5 Å². The molecule has 1 aromatic heterocycles. The van der Waals surface area contributed by atoms with Gasteiger partial charge in [0, 0.05) is 35.5 Å². The van der Waals surface area contributed by atoms with Crippen molar-refractivity contribution in [3.05, 3.63) is 42.0 Å². The molecule has 2 aromatic rings. The van der Waals surface area contributed by atoms with Gasteiger partial charge in [-0.25, -0.2) is 14.4 Å². The molecular weight excluding hydrogens is 410 g/mol. The number of oxime groups is 1. The van der Waals surface area contributed by atoms with Crippen molar-refractivity contribution in [1.29, 1.82) is 5.41 Å². The highest BCUT2D eigenvalue weighted by Gasteiger charge is 2.25. The number of hydrogen-bond acceptors (Lipinski definition) is 8. The Kier molecular flexibility index (Phi) is 7.41.